The normalized spacial score (nSPS) is 12.2. The first-order valence-corrected chi connectivity index (χ1v) is 5.99. The molecule has 2 aromatic rings. The molecule has 1 unspecified atom stereocenters. The molecule has 0 heterocycles. The summed E-state index contributed by atoms with van der Waals surface area (Å²) in [5, 5.41) is 10.0. The Morgan fingerprint density at radius 2 is 2.00 bits per heavy atom. The van der Waals surface area contributed by atoms with Crippen LogP contribution in [-0.4, -0.2) is 11.7 Å². The number of hydrogen-bond donors (Lipinski definition) is 2. The molecule has 0 spiro atoms. The van der Waals surface area contributed by atoms with Gasteiger partial charge in [0.1, 0.15) is 24.3 Å². The molecule has 0 aliphatic rings. The van der Waals surface area contributed by atoms with E-state index < -0.39 is 6.10 Å². The molecule has 4 heteroatoms. The van der Waals surface area contributed by atoms with Crippen LogP contribution >= 0.6 is 0 Å². The minimum Gasteiger partial charge on any atom is -0.491 e. The number of aryl methyl sites for hydroxylation is 1. The molecule has 0 aromatic heterocycles. The van der Waals surface area contributed by atoms with Gasteiger partial charge in [0, 0.05) is 11.3 Å². The molecular weight excluding hydrogens is 245 g/mol. The molecule has 0 amide bonds. The van der Waals surface area contributed by atoms with E-state index in [9.17, 15) is 9.50 Å². The van der Waals surface area contributed by atoms with E-state index in [1.807, 2.05) is 0 Å². The van der Waals surface area contributed by atoms with Crippen molar-refractivity contribution in [3.8, 4) is 5.75 Å². The van der Waals surface area contributed by atoms with Gasteiger partial charge in [-0.15, -0.1) is 0 Å². The van der Waals surface area contributed by atoms with Gasteiger partial charge in [0.05, 0.1) is 0 Å². The Kier molecular flexibility index (Phi) is 4.02. The zero-order valence-corrected chi connectivity index (χ0v) is 10.6. The van der Waals surface area contributed by atoms with Crippen LogP contribution in [0.25, 0.3) is 0 Å². The lowest BCUT2D eigenvalue weighted by atomic mass is 10.1. The van der Waals surface area contributed by atoms with Crippen molar-refractivity contribution in [1.82, 2.24) is 0 Å². The Morgan fingerprint density at radius 3 is 2.68 bits per heavy atom. The topological polar surface area (TPSA) is 55.5 Å². The number of halogens is 1. The van der Waals surface area contributed by atoms with Crippen LogP contribution in [0.5, 0.6) is 5.75 Å². The van der Waals surface area contributed by atoms with Crippen molar-refractivity contribution >= 4 is 5.69 Å². The minimum atomic E-state index is -0.813. The quantitative estimate of drug-likeness (QED) is 0.832. The van der Waals surface area contributed by atoms with E-state index in [4.69, 9.17) is 10.5 Å². The molecule has 0 aliphatic carbocycles. The highest BCUT2D eigenvalue weighted by atomic mass is 19.1. The summed E-state index contributed by atoms with van der Waals surface area (Å²) in [6, 6.07) is 11.5. The van der Waals surface area contributed by atoms with Gasteiger partial charge in [0.15, 0.2) is 0 Å². The number of rotatable bonds is 4. The highest BCUT2D eigenvalue weighted by Crippen LogP contribution is 2.22. The number of benzene rings is 2. The van der Waals surface area contributed by atoms with Crippen LogP contribution in [0.15, 0.2) is 42.5 Å². The Morgan fingerprint density at radius 1 is 1.26 bits per heavy atom. The fourth-order valence-electron chi connectivity index (χ4n) is 1.79. The zero-order valence-electron chi connectivity index (χ0n) is 10.6. The molecule has 0 saturated heterocycles. The van der Waals surface area contributed by atoms with Gasteiger partial charge in [-0.2, -0.15) is 0 Å². The second-order valence-corrected chi connectivity index (χ2v) is 4.37. The molecule has 0 aliphatic heterocycles. The van der Waals surface area contributed by atoms with Gasteiger partial charge in [-0.3, -0.25) is 0 Å². The smallest absolute Gasteiger partial charge is 0.126 e. The SMILES string of the molecule is Cc1cc(OCC(O)c2ccccc2N)ccc1F. The highest BCUT2D eigenvalue weighted by Gasteiger charge is 2.11. The maximum atomic E-state index is 13.1. The summed E-state index contributed by atoms with van der Waals surface area (Å²) in [5.74, 6) is 0.243. The average Bonchev–Trinajstić information content (AvgIpc) is 2.40. The van der Waals surface area contributed by atoms with E-state index >= 15 is 0 Å². The van der Waals surface area contributed by atoms with Gasteiger partial charge >= 0.3 is 0 Å². The third-order valence-corrected chi connectivity index (χ3v) is 2.89. The summed E-state index contributed by atoms with van der Waals surface area (Å²) in [6.45, 7) is 1.73. The van der Waals surface area contributed by atoms with Crippen LogP contribution in [-0.2, 0) is 0 Å². The third kappa shape index (κ3) is 3.23. The summed E-state index contributed by atoms with van der Waals surface area (Å²) in [7, 11) is 0. The molecule has 3 N–H and O–H groups in total. The van der Waals surface area contributed by atoms with Gasteiger partial charge in [-0.1, -0.05) is 18.2 Å². The molecule has 1 atom stereocenters. The van der Waals surface area contributed by atoms with E-state index in [-0.39, 0.29) is 12.4 Å². The molecule has 100 valence electrons. The van der Waals surface area contributed by atoms with Crippen molar-refractivity contribution in [1.29, 1.82) is 0 Å². The van der Waals surface area contributed by atoms with Crippen molar-refractivity contribution in [2.45, 2.75) is 13.0 Å². The number of nitrogen functional groups attached to an aromatic ring is 1. The fraction of sp³-hybridized carbons (Fsp3) is 0.200. The van der Waals surface area contributed by atoms with E-state index in [0.717, 1.165) is 0 Å². The second kappa shape index (κ2) is 5.71. The van der Waals surface area contributed by atoms with Crippen molar-refractivity contribution in [3.63, 3.8) is 0 Å². The number of aliphatic hydroxyl groups excluding tert-OH is 1. The molecule has 2 aromatic carbocycles. The molecule has 19 heavy (non-hydrogen) atoms. The summed E-state index contributed by atoms with van der Waals surface area (Å²) in [6.07, 6.45) is -0.813. The molecule has 2 rings (SSSR count). The first kappa shape index (κ1) is 13.4. The van der Waals surface area contributed by atoms with E-state index in [1.54, 1.807) is 37.3 Å². The minimum absolute atomic E-state index is 0.0687. The van der Waals surface area contributed by atoms with Crippen molar-refractivity contribution in [3.05, 3.63) is 59.4 Å². The fourth-order valence-corrected chi connectivity index (χ4v) is 1.79. The Bertz CT molecular complexity index is 572. The van der Waals surface area contributed by atoms with E-state index in [0.29, 0.717) is 22.6 Å². The van der Waals surface area contributed by atoms with Gasteiger partial charge < -0.3 is 15.6 Å². The third-order valence-electron chi connectivity index (χ3n) is 2.89. The number of anilines is 1. The maximum Gasteiger partial charge on any atom is 0.126 e. The van der Waals surface area contributed by atoms with Gasteiger partial charge in [0.25, 0.3) is 0 Å². The van der Waals surface area contributed by atoms with Crippen LogP contribution in [0.2, 0.25) is 0 Å². The second-order valence-electron chi connectivity index (χ2n) is 4.37. The average molecular weight is 261 g/mol. The van der Waals surface area contributed by atoms with Gasteiger partial charge in [0.2, 0.25) is 0 Å². The number of hydrogen-bond acceptors (Lipinski definition) is 3. The van der Waals surface area contributed by atoms with Crippen molar-refractivity contribution in [2.24, 2.45) is 0 Å². The molecule has 0 fully saturated rings. The first-order chi connectivity index (χ1) is 9.08. The lowest BCUT2D eigenvalue weighted by Crippen LogP contribution is -2.11. The zero-order chi connectivity index (χ0) is 13.8. The number of para-hydroxylation sites is 1. The summed E-state index contributed by atoms with van der Waals surface area (Å²) in [4.78, 5) is 0. The number of nitrogens with two attached hydrogens (primary N) is 1. The summed E-state index contributed by atoms with van der Waals surface area (Å²) in [5.41, 5.74) is 7.42. The monoisotopic (exact) mass is 261 g/mol. The van der Waals surface area contributed by atoms with Crippen LogP contribution in [0.4, 0.5) is 10.1 Å². The summed E-state index contributed by atoms with van der Waals surface area (Å²) < 4.78 is 18.5. The van der Waals surface area contributed by atoms with Crippen molar-refractivity contribution in [2.75, 3.05) is 12.3 Å². The molecule has 3 nitrogen and oxygen atoms in total. The van der Waals surface area contributed by atoms with Gasteiger partial charge in [-0.05, 0) is 36.8 Å². The van der Waals surface area contributed by atoms with E-state index in [1.165, 1.54) is 12.1 Å². The largest absolute Gasteiger partial charge is 0.491 e. The molecule has 0 saturated carbocycles. The standard InChI is InChI=1S/C15H16FNO2/c1-10-8-11(6-7-13(10)16)19-9-15(18)12-4-2-3-5-14(12)17/h2-8,15,18H,9,17H2,1H3. The predicted octanol–water partition coefficient (Wildman–Crippen LogP) is 2.83. The van der Waals surface area contributed by atoms with Gasteiger partial charge in [-0.25, -0.2) is 4.39 Å². The lowest BCUT2D eigenvalue weighted by Gasteiger charge is -2.14. The first-order valence-electron chi connectivity index (χ1n) is 5.99. The van der Waals surface area contributed by atoms with Crippen LogP contribution in [0, 0.1) is 12.7 Å². The van der Waals surface area contributed by atoms with Crippen LogP contribution < -0.4 is 10.5 Å². The molecule has 0 radical (unpaired) electrons. The predicted molar refractivity (Wildman–Crippen MR) is 72.4 cm³/mol. The lowest BCUT2D eigenvalue weighted by molar-refractivity contribution is 0.108. The number of aliphatic hydroxyl groups is 1. The van der Waals surface area contributed by atoms with Crippen molar-refractivity contribution < 1.29 is 14.2 Å². The number of ether oxygens (including phenoxy) is 1. The van der Waals surface area contributed by atoms with Crippen LogP contribution in [0.3, 0.4) is 0 Å². The molecular formula is C15H16FNO2. The highest BCUT2D eigenvalue weighted by molar-refractivity contribution is 5.47. The van der Waals surface area contributed by atoms with Crippen LogP contribution in [0.1, 0.15) is 17.2 Å². The van der Waals surface area contributed by atoms with E-state index in [2.05, 4.69) is 0 Å². The Hall–Kier alpha value is -2.07. The Labute approximate surface area is 111 Å². The Balaban J connectivity index is 2.02. The maximum absolute atomic E-state index is 13.1. The molecule has 0 bridgehead atoms. The summed E-state index contributed by atoms with van der Waals surface area (Å²) >= 11 is 0.